The lowest BCUT2D eigenvalue weighted by Gasteiger charge is -2.19. The predicted octanol–water partition coefficient (Wildman–Crippen LogP) is 2.46. The van der Waals surface area contributed by atoms with Crippen LogP contribution in [0.2, 0.25) is 0 Å². The Hall–Kier alpha value is -2.32. The number of halogens is 2. The quantitative estimate of drug-likeness (QED) is 0.852. The molecule has 0 aliphatic rings. The van der Waals surface area contributed by atoms with Crippen molar-refractivity contribution in [3.8, 4) is 0 Å². The summed E-state index contributed by atoms with van der Waals surface area (Å²) in [6, 6.07) is 9.59. The minimum Gasteiger partial charge on any atom is -0.348 e. The lowest BCUT2D eigenvalue weighted by Crippen LogP contribution is -2.39. The summed E-state index contributed by atoms with van der Waals surface area (Å²) < 4.78 is 51.4. The van der Waals surface area contributed by atoms with Crippen LogP contribution in [0, 0.1) is 11.6 Å². The van der Waals surface area contributed by atoms with Gasteiger partial charge in [-0.15, -0.1) is 0 Å². The fourth-order valence-corrected chi connectivity index (χ4v) is 3.32. The second-order valence-electron chi connectivity index (χ2n) is 5.56. The van der Waals surface area contributed by atoms with Crippen LogP contribution in [-0.2, 0) is 14.8 Å². The van der Waals surface area contributed by atoms with E-state index in [9.17, 15) is 22.0 Å². The average molecular weight is 368 g/mol. The molecule has 1 N–H and O–H groups in total. The monoisotopic (exact) mass is 368 g/mol. The number of sulfonamides is 1. The van der Waals surface area contributed by atoms with Crippen LogP contribution in [-0.4, -0.2) is 32.2 Å². The van der Waals surface area contributed by atoms with E-state index in [4.69, 9.17) is 0 Å². The Kier molecular flexibility index (Phi) is 5.86. The molecule has 8 heteroatoms. The van der Waals surface area contributed by atoms with Gasteiger partial charge in [-0.3, -0.25) is 4.79 Å². The van der Waals surface area contributed by atoms with Crippen LogP contribution in [0.15, 0.2) is 53.4 Å². The average Bonchev–Trinajstić information content (AvgIpc) is 2.55. The number of hydrogen-bond acceptors (Lipinski definition) is 3. The fourth-order valence-electron chi connectivity index (χ4n) is 2.20. The van der Waals surface area contributed by atoms with E-state index in [1.807, 2.05) is 0 Å². The molecular formula is C17H18F2N2O3S. The molecular weight excluding hydrogens is 350 g/mol. The van der Waals surface area contributed by atoms with E-state index < -0.39 is 34.3 Å². The van der Waals surface area contributed by atoms with Gasteiger partial charge < -0.3 is 5.32 Å². The standard InChI is InChI=1S/C17H18F2N2O3S/c1-12(13-3-5-14(18)6-4-13)20-17(22)11-21(2)25(23,24)16-9-7-15(19)8-10-16/h3-10,12H,11H2,1-2H3,(H,20,22)/t12-/m0/s1. The number of rotatable bonds is 6. The molecule has 2 aromatic carbocycles. The lowest BCUT2D eigenvalue weighted by atomic mass is 10.1. The van der Waals surface area contributed by atoms with Gasteiger partial charge in [0.05, 0.1) is 17.5 Å². The summed E-state index contributed by atoms with van der Waals surface area (Å²) in [6.07, 6.45) is 0. The lowest BCUT2D eigenvalue weighted by molar-refractivity contribution is -0.121. The highest BCUT2D eigenvalue weighted by Gasteiger charge is 2.23. The number of hydrogen-bond donors (Lipinski definition) is 1. The van der Waals surface area contributed by atoms with Crippen molar-refractivity contribution in [2.45, 2.75) is 17.9 Å². The molecule has 2 rings (SSSR count). The van der Waals surface area contributed by atoms with Gasteiger partial charge in [0.25, 0.3) is 0 Å². The normalized spacial score (nSPS) is 12.8. The number of carbonyl (C=O) groups excluding carboxylic acids is 1. The molecule has 0 spiro atoms. The topological polar surface area (TPSA) is 66.5 Å². The third kappa shape index (κ3) is 4.83. The highest BCUT2D eigenvalue weighted by Crippen LogP contribution is 2.16. The van der Waals surface area contributed by atoms with Crippen LogP contribution in [0.5, 0.6) is 0 Å². The maximum Gasteiger partial charge on any atom is 0.243 e. The highest BCUT2D eigenvalue weighted by atomic mass is 32.2. The first-order valence-corrected chi connectivity index (χ1v) is 8.91. The third-order valence-corrected chi connectivity index (χ3v) is 5.45. The van der Waals surface area contributed by atoms with Crippen LogP contribution in [0.3, 0.4) is 0 Å². The number of carbonyl (C=O) groups is 1. The van der Waals surface area contributed by atoms with E-state index in [0.717, 1.165) is 28.6 Å². The largest absolute Gasteiger partial charge is 0.348 e. The first kappa shape index (κ1) is 19.0. The zero-order chi connectivity index (χ0) is 18.6. The molecule has 0 aliphatic carbocycles. The summed E-state index contributed by atoms with van der Waals surface area (Å²) >= 11 is 0. The van der Waals surface area contributed by atoms with Crippen LogP contribution >= 0.6 is 0 Å². The van der Waals surface area contributed by atoms with Crippen molar-refractivity contribution >= 4 is 15.9 Å². The second kappa shape index (κ2) is 7.71. The molecule has 0 fully saturated rings. The highest BCUT2D eigenvalue weighted by molar-refractivity contribution is 7.89. The van der Waals surface area contributed by atoms with Gasteiger partial charge in [-0.25, -0.2) is 17.2 Å². The molecule has 0 saturated carbocycles. The van der Waals surface area contributed by atoms with Gasteiger partial charge >= 0.3 is 0 Å². The summed E-state index contributed by atoms with van der Waals surface area (Å²) in [5.74, 6) is -1.44. The van der Waals surface area contributed by atoms with Gasteiger partial charge in [0, 0.05) is 7.05 Å². The first-order chi connectivity index (χ1) is 11.7. The van der Waals surface area contributed by atoms with Crippen molar-refractivity contribution in [2.75, 3.05) is 13.6 Å². The fraction of sp³-hybridized carbons (Fsp3) is 0.235. The zero-order valence-electron chi connectivity index (χ0n) is 13.7. The Morgan fingerprint density at radius 2 is 1.52 bits per heavy atom. The molecule has 134 valence electrons. The summed E-state index contributed by atoms with van der Waals surface area (Å²) in [5, 5.41) is 2.65. The van der Waals surface area contributed by atoms with Crippen LogP contribution < -0.4 is 5.32 Å². The number of nitrogens with one attached hydrogen (secondary N) is 1. The van der Waals surface area contributed by atoms with Crippen LogP contribution in [0.1, 0.15) is 18.5 Å². The molecule has 5 nitrogen and oxygen atoms in total. The predicted molar refractivity (Wildman–Crippen MR) is 89.2 cm³/mol. The Labute approximate surface area is 145 Å². The Morgan fingerprint density at radius 1 is 1.04 bits per heavy atom. The van der Waals surface area contributed by atoms with Gasteiger partial charge in [-0.2, -0.15) is 4.31 Å². The van der Waals surface area contributed by atoms with Gasteiger partial charge in [0.2, 0.25) is 15.9 Å². The Bertz CT molecular complexity index is 837. The Balaban J connectivity index is 2.01. The maximum atomic E-state index is 12.9. The maximum absolute atomic E-state index is 12.9. The van der Waals surface area contributed by atoms with Crippen molar-refractivity contribution in [1.82, 2.24) is 9.62 Å². The van der Waals surface area contributed by atoms with E-state index in [1.165, 1.54) is 19.2 Å². The number of likely N-dealkylation sites (N-methyl/N-ethyl adjacent to an activating group) is 1. The summed E-state index contributed by atoms with van der Waals surface area (Å²) in [6.45, 7) is 1.31. The van der Waals surface area contributed by atoms with E-state index >= 15 is 0 Å². The van der Waals surface area contributed by atoms with Gasteiger partial charge in [-0.05, 0) is 48.9 Å². The molecule has 0 bridgehead atoms. The molecule has 1 atom stereocenters. The van der Waals surface area contributed by atoms with Gasteiger partial charge in [-0.1, -0.05) is 12.1 Å². The van der Waals surface area contributed by atoms with Gasteiger partial charge in [0.1, 0.15) is 11.6 Å². The Morgan fingerprint density at radius 3 is 2.04 bits per heavy atom. The molecule has 0 saturated heterocycles. The van der Waals surface area contributed by atoms with E-state index in [1.54, 1.807) is 19.1 Å². The van der Waals surface area contributed by atoms with Crippen molar-refractivity contribution in [1.29, 1.82) is 0 Å². The van der Waals surface area contributed by atoms with Crippen molar-refractivity contribution in [2.24, 2.45) is 0 Å². The molecule has 0 aliphatic heterocycles. The van der Waals surface area contributed by atoms with Gasteiger partial charge in [0.15, 0.2) is 0 Å². The second-order valence-corrected chi connectivity index (χ2v) is 7.60. The summed E-state index contributed by atoms with van der Waals surface area (Å²) in [7, 11) is -2.64. The minimum absolute atomic E-state index is 0.101. The summed E-state index contributed by atoms with van der Waals surface area (Å²) in [5.41, 5.74) is 0.693. The van der Waals surface area contributed by atoms with E-state index in [-0.39, 0.29) is 10.7 Å². The first-order valence-electron chi connectivity index (χ1n) is 7.47. The van der Waals surface area contributed by atoms with Crippen LogP contribution in [0.25, 0.3) is 0 Å². The molecule has 0 unspecified atom stereocenters. The zero-order valence-corrected chi connectivity index (χ0v) is 14.6. The molecule has 0 aromatic heterocycles. The molecule has 0 radical (unpaired) electrons. The molecule has 1 amide bonds. The SMILES string of the molecule is C[C@H](NC(=O)CN(C)S(=O)(=O)c1ccc(F)cc1)c1ccc(F)cc1. The van der Waals surface area contributed by atoms with Crippen molar-refractivity contribution in [3.05, 3.63) is 65.7 Å². The van der Waals surface area contributed by atoms with Crippen molar-refractivity contribution < 1.29 is 22.0 Å². The molecule has 2 aromatic rings. The number of benzene rings is 2. The van der Waals surface area contributed by atoms with E-state index in [2.05, 4.69) is 5.32 Å². The van der Waals surface area contributed by atoms with Crippen molar-refractivity contribution in [3.63, 3.8) is 0 Å². The smallest absolute Gasteiger partial charge is 0.243 e. The summed E-state index contributed by atoms with van der Waals surface area (Å²) in [4.78, 5) is 12.0. The third-order valence-electron chi connectivity index (χ3n) is 3.64. The molecule has 0 heterocycles. The van der Waals surface area contributed by atoms with E-state index in [0.29, 0.717) is 5.56 Å². The minimum atomic E-state index is -3.90. The van der Waals surface area contributed by atoms with Crippen LogP contribution in [0.4, 0.5) is 8.78 Å². The molecule has 25 heavy (non-hydrogen) atoms. The number of amides is 1. The number of nitrogens with zero attached hydrogens (tertiary/aromatic N) is 1.